The Hall–Kier alpha value is -0.250. The van der Waals surface area contributed by atoms with Gasteiger partial charge in [0.15, 0.2) is 0 Å². The zero-order chi connectivity index (χ0) is 27.6. The number of rotatable bonds is 13. The maximum Gasteiger partial charge on any atom is 0.134 e. The summed E-state index contributed by atoms with van der Waals surface area (Å²) in [5.41, 5.74) is 0. The van der Waals surface area contributed by atoms with Gasteiger partial charge in [-0.1, -0.05) is 64.7 Å². The SMILES string of the molecule is CCCCCCC1CCC(CCCC2CCC(C3CCC(C4CCC(OCC)CC4)C(F)C3F)CC2)C(F)C1. The lowest BCUT2D eigenvalue weighted by atomic mass is 9.64. The van der Waals surface area contributed by atoms with Crippen LogP contribution in [0.1, 0.15) is 149 Å². The summed E-state index contributed by atoms with van der Waals surface area (Å²) in [6, 6.07) is 0. The third-order valence-corrected chi connectivity index (χ3v) is 11.8. The fraction of sp³-hybridized carbons (Fsp3) is 1.00. The van der Waals surface area contributed by atoms with E-state index in [9.17, 15) is 4.39 Å². The summed E-state index contributed by atoms with van der Waals surface area (Å²) in [6.07, 6.45) is 20.4. The Morgan fingerprint density at radius 2 is 1.15 bits per heavy atom. The standard InChI is InChI=1S/C35H61F3O/c1-3-5-6-7-9-26-14-17-29(33(36)24-26)11-8-10-25-12-15-27(16-13-25)31-22-23-32(35(38)34(31)37)28-18-20-30(21-19-28)39-4-2/h25-35H,3-24H2,1-2H3. The van der Waals surface area contributed by atoms with Crippen LogP contribution < -0.4 is 0 Å². The van der Waals surface area contributed by atoms with E-state index in [4.69, 9.17) is 4.74 Å². The maximum atomic E-state index is 15.5. The Morgan fingerprint density at radius 3 is 1.74 bits per heavy atom. The number of ether oxygens (including phenoxy) is 1. The van der Waals surface area contributed by atoms with E-state index in [2.05, 4.69) is 6.92 Å². The van der Waals surface area contributed by atoms with Crippen molar-refractivity contribution in [2.24, 2.45) is 41.4 Å². The van der Waals surface area contributed by atoms with Crippen molar-refractivity contribution in [1.29, 1.82) is 0 Å². The van der Waals surface area contributed by atoms with Crippen molar-refractivity contribution < 1.29 is 17.9 Å². The van der Waals surface area contributed by atoms with Gasteiger partial charge in [-0.25, -0.2) is 13.2 Å². The van der Waals surface area contributed by atoms with Crippen LogP contribution >= 0.6 is 0 Å². The van der Waals surface area contributed by atoms with E-state index < -0.39 is 18.5 Å². The minimum Gasteiger partial charge on any atom is -0.379 e. The van der Waals surface area contributed by atoms with E-state index in [1.165, 1.54) is 57.8 Å². The highest BCUT2D eigenvalue weighted by atomic mass is 19.2. The van der Waals surface area contributed by atoms with E-state index in [0.29, 0.717) is 29.8 Å². The predicted octanol–water partition coefficient (Wildman–Crippen LogP) is 11.0. The van der Waals surface area contributed by atoms with Crippen LogP contribution in [0, 0.1) is 41.4 Å². The highest BCUT2D eigenvalue weighted by Gasteiger charge is 2.46. The normalized spacial score (nSPS) is 41.9. The molecule has 4 rings (SSSR count). The lowest BCUT2D eigenvalue weighted by molar-refractivity contribution is -0.0474. The van der Waals surface area contributed by atoms with Crippen LogP contribution in [0.5, 0.6) is 0 Å². The first-order chi connectivity index (χ1) is 19.0. The van der Waals surface area contributed by atoms with Gasteiger partial charge >= 0.3 is 0 Å². The van der Waals surface area contributed by atoms with Crippen molar-refractivity contribution in [1.82, 2.24) is 0 Å². The number of hydrogen-bond donors (Lipinski definition) is 0. The molecule has 39 heavy (non-hydrogen) atoms. The predicted molar refractivity (Wildman–Crippen MR) is 157 cm³/mol. The van der Waals surface area contributed by atoms with Crippen LogP contribution in [0.15, 0.2) is 0 Å². The summed E-state index contributed by atoms with van der Waals surface area (Å²) in [4.78, 5) is 0. The molecule has 0 aromatic heterocycles. The topological polar surface area (TPSA) is 9.23 Å². The number of hydrogen-bond acceptors (Lipinski definition) is 1. The van der Waals surface area contributed by atoms with Gasteiger partial charge in [0, 0.05) is 6.61 Å². The van der Waals surface area contributed by atoms with Crippen LogP contribution in [0.3, 0.4) is 0 Å². The molecule has 0 radical (unpaired) electrons. The van der Waals surface area contributed by atoms with Crippen molar-refractivity contribution in [3.05, 3.63) is 0 Å². The Balaban J connectivity index is 1.10. The molecule has 4 aliphatic rings. The molecule has 0 aromatic rings. The molecule has 4 aliphatic carbocycles. The molecular weight excluding hydrogens is 493 g/mol. The summed E-state index contributed by atoms with van der Waals surface area (Å²) >= 11 is 0. The van der Waals surface area contributed by atoms with E-state index in [-0.39, 0.29) is 17.8 Å². The van der Waals surface area contributed by atoms with Crippen LogP contribution in [0.2, 0.25) is 0 Å². The fourth-order valence-electron chi connectivity index (χ4n) is 9.37. The van der Waals surface area contributed by atoms with Gasteiger partial charge in [0.1, 0.15) is 18.5 Å². The smallest absolute Gasteiger partial charge is 0.134 e. The summed E-state index contributed by atoms with van der Waals surface area (Å²) in [6.45, 7) is 5.03. The van der Waals surface area contributed by atoms with Crippen LogP contribution in [0.25, 0.3) is 0 Å². The molecule has 0 heterocycles. The average Bonchev–Trinajstić information content (AvgIpc) is 2.95. The second-order valence-electron chi connectivity index (χ2n) is 14.3. The molecule has 4 saturated carbocycles. The second kappa shape index (κ2) is 16.4. The second-order valence-corrected chi connectivity index (χ2v) is 14.3. The Kier molecular flexibility index (Phi) is 13.3. The monoisotopic (exact) mass is 554 g/mol. The molecule has 7 atom stereocenters. The van der Waals surface area contributed by atoms with Crippen molar-refractivity contribution in [3.8, 4) is 0 Å². The first-order valence-electron chi connectivity index (χ1n) is 17.5. The molecule has 4 fully saturated rings. The molecule has 0 aliphatic heterocycles. The molecule has 0 amide bonds. The Bertz CT molecular complexity index is 656. The van der Waals surface area contributed by atoms with Crippen molar-refractivity contribution in [2.45, 2.75) is 173 Å². The van der Waals surface area contributed by atoms with Crippen LogP contribution in [-0.2, 0) is 4.74 Å². The quantitative estimate of drug-likeness (QED) is 0.206. The molecule has 1 nitrogen and oxygen atoms in total. The number of halogens is 3. The first kappa shape index (κ1) is 31.7. The van der Waals surface area contributed by atoms with Gasteiger partial charge in [0.2, 0.25) is 0 Å². The summed E-state index contributed by atoms with van der Waals surface area (Å²) in [5, 5.41) is 0. The number of alkyl halides is 3. The van der Waals surface area contributed by atoms with Gasteiger partial charge in [-0.05, 0) is 125 Å². The van der Waals surface area contributed by atoms with Gasteiger partial charge in [0.05, 0.1) is 6.10 Å². The molecule has 0 saturated heterocycles. The molecule has 4 heteroatoms. The third kappa shape index (κ3) is 9.12. The zero-order valence-corrected chi connectivity index (χ0v) is 25.4. The van der Waals surface area contributed by atoms with Crippen LogP contribution in [-0.4, -0.2) is 31.2 Å². The van der Waals surface area contributed by atoms with Gasteiger partial charge in [0.25, 0.3) is 0 Å². The van der Waals surface area contributed by atoms with E-state index >= 15 is 8.78 Å². The maximum absolute atomic E-state index is 15.5. The van der Waals surface area contributed by atoms with Crippen molar-refractivity contribution >= 4 is 0 Å². The van der Waals surface area contributed by atoms with Crippen LogP contribution in [0.4, 0.5) is 13.2 Å². The molecule has 228 valence electrons. The lowest BCUT2D eigenvalue weighted by Crippen LogP contribution is -2.45. The van der Waals surface area contributed by atoms with Gasteiger partial charge < -0.3 is 4.74 Å². The average molecular weight is 555 g/mol. The minimum absolute atomic E-state index is 0.0681. The van der Waals surface area contributed by atoms with Gasteiger partial charge in [-0.2, -0.15) is 0 Å². The molecule has 7 unspecified atom stereocenters. The minimum atomic E-state index is -1.27. The Labute approximate surface area is 239 Å². The molecule has 0 bridgehead atoms. The van der Waals surface area contributed by atoms with Gasteiger partial charge in [-0.3, -0.25) is 0 Å². The lowest BCUT2D eigenvalue weighted by Gasteiger charge is -2.44. The molecule has 0 N–H and O–H groups in total. The van der Waals surface area contributed by atoms with E-state index in [0.717, 1.165) is 83.7 Å². The highest BCUT2D eigenvalue weighted by Crippen LogP contribution is 2.48. The summed E-state index contributed by atoms with van der Waals surface area (Å²) in [5.74, 6) is 2.18. The van der Waals surface area contributed by atoms with Gasteiger partial charge in [-0.15, -0.1) is 0 Å². The first-order valence-corrected chi connectivity index (χ1v) is 17.5. The zero-order valence-electron chi connectivity index (χ0n) is 25.4. The highest BCUT2D eigenvalue weighted by molar-refractivity contribution is 4.95. The largest absolute Gasteiger partial charge is 0.379 e. The molecule has 0 aromatic carbocycles. The molecule has 0 spiro atoms. The Morgan fingerprint density at radius 1 is 0.564 bits per heavy atom. The summed E-state index contributed by atoms with van der Waals surface area (Å²) < 4.78 is 51.5. The van der Waals surface area contributed by atoms with Crippen molar-refractivity contribution in [3.63, 3.8) is 0 Å². The third-order valence-electron chi connectivity index (χ3n) is 11.8. The fourth-order valence-corrected chi connectivity index (χ4v) is 9.37. The summed E-state index contributed by atoms with van der Waals surface area (Å²) in [7, 11) is 0. The van der Waals surface area contributed by atoms with E-state index in [1.807, 2.05) is 6.92 Å². The molecular formula is C35H61F3O. The van der Waals surface area contributed by atoms with E-state index in [1.54, 1.807) is 0 Å². The van der Waals surface area contributed by atoms with Crippen molar-refractivity contribution in [2.75, 3.05) is 6.61 Å². The number of unbranched alkanes of at least 4 members (excludes halogenated alkanes) is 3.